The molecule has 1 unspecified atom stereocenters. The molecule has 1 N–H and O–H groups in total. The van der Waals surface area contributed by atoms with Crippen molar-refractivity contribution in [3.8, 4) is 0 Å². The molecule has 1 aromatic carbocycles. The lowest BCUT2D eigenvalue weighted by Gasteiger charge is -2.15. The topological polar surface area (TPSA) is 24.9 Å². The second kappa shape index (κ2) is 5.59. The Morgan fingerprint density at radius 2 is 2.06 bits per heavy atom. The maximum atomic E-state index is 13.7. The van der Waals surface area contributed by atoms with Crippen LogP contribution in [0.3, 0.4) is 0 Å². The van der Waals surface area contributed by atoms with E-state index in [1.54, 1.807) is 17.4 Å². The lowest BCUT2D eigenvalue weighted by atomic mass is 10.0. The van der Waals surface area contributed by atoms with E-state index in [9.17, 15) is 4.39 Å². The number of aryl methyl sites for hydroxylation is 2. The molecule has 2 rings (SSSR count). The van der Waals surface area contributed by atoms with Gasteiger partial charge in [-0.3, -0.25) is 0 Å². The van der Waals surface area contributed by atoms with Crippen LogP contribution in [0.1, 0.15) is 27.2 Å². The monoisotopic (exact) mass is 264 g/mol. The quantitative estimate of drug-likeness (QED) is 0.915. The molecule has 4 heteroatoms. The van der Waals surface area contributed by atoms with E-state index in [2.05, 4.69) is 10.3 Å². The maximum absolute atomic E-state index is 13.7. The van der Waals surface area contributed by atoms with Gasteiger partial charge in [-0.05, 0) is 38.9 Å². The predicted octanol–water partition coefficient (Wildman–Crippen LogP) is 3.40. The van der Waals surface area contributed by atoms with Gasteiger partial charge in [-0.25, -0.2) is 9.37 Å². The lowest BCUT2D eigenvalue weighted by molar-refractivity contribution is 0.557. The molecule has 0 aliphatic carbocycles. The molecule has 96 valence electrons. The summed E-state index contributed by atoms with van der Waals surface area (Å²) in [5.41, 5.74) is 1.77. The zero-order valence-corrected chi connectivity index (χ0v) is 11.6. The van der Waals surface area contributed by atoms with Gasteiger partial charge in [0.05, 0.1) is 10.7 Å². The highest BCUT2D eigenvalue weighted by molar-refractivity contribution is 7.11. The number of thiazole rings is 1. The molecule has 2 nitrogen and oxygen atoms in total. The molecule has 0 aliphatic rings. The minimum atomic E-state index is -0.142. The third kappa shape index (κ3) is 2.76. The summed E-state index contributed by atoms with van der Waals surface area (Å²) in [6, 6.07) is 7.05. The van der Waals surface area contributed by atoms with E-state index in [1.807, 2.05) is 33.0 Å². The Morgan fingerprint density at radius 3 is 2.61 bits per heavy atom. The van der Waals surface area contributed by atoms with Crippen molar-refractivity contribution in [2.75, 3.05) is 7.05 Å². The number of nitrogens with zero attached hydrogens (tertiary/aromatic N) is 1. The number of rotatable bonds is 4. The first-order valence-corrected chi connectivity index (χ1v) is 6.78. The van der Waals surface area contributed by atoms with Crippen LogP contribution in [0.25, 0.3) is 0 Å². The number of benzene rings is 1. The van der Waals surface area contributed by atoms with E-state index in [-0.39, 0.29) is 11.9 Å². The minimum Gasteiger partial charge on any atom is -0.312 e. The number of hydrogen-bond donors (Lipinski definition) is 1. The third-order valence-corrected chi connectivity index (χ3v) is 4.17. The van der Waals surface area contributed by atoms with Gasteiger partial charge < -0.3 is 5.32 Å². The maximum Gasteiger partial charge on any atom is 0.126 e. The average Bonchev–Trinajstić information content (AvgIpc) is 2.67. The number of halogens is 1. The van der Waals surface area contributed by atoms with Crippen LogP contribution in [0.15, 0.2) is 24.3 Å². The highest BCUT2D eigenvalue weighted by atomic mass is 32.1. The molecule has 0 saturated carbocycles. The number of aromatic nitrogens is 1. The van der Waals surface area contributed by atoms with Crippen LogP contribution in [0, 0.1) is 19.7 Å². The van der Waals surface area contributed by atoms with E-state index >= 15 is 0 Å². The molecular formula is C14H17FN2S. The summed E-state index contributed by atoms with van der Waals surface area (Å²) in [6.07, 6.45) is 0.644. The van der Waals surface area contributed by atoms with E-state index in [1.165, 1.54) is 10.9 Å². The molecule has 0 fully saturated rings. The summed E-state index contributed by atoms with van der Waals surface area (Å²) in [5.74, 6) is -0.142. The van der Waals surface area contributed by atoms with Gasteiger partial charge >= 0.3 is 0 Å². The van der Waals surface area contributed by atoms with Crippen molar-refractivity contribution in [2.45, 2.75) is 26.3 Å². The van der Waals surface area contributed by atoms with Crippen molar-refractivity contribution in [1.82, 2.24) is 10.3 Å². The fourth-order valence-corrected chi connectivity index (χ4v) is 3.12. The van der Waals surface area contributed by atoms with Crippen LogP contribution >= 0.6 is 11.3 Å². The molecule has 0 saturated heterocycles. The van der Waals surface area contributed by atoms with Crippen LogP contribution in [0.4, 0.5) is 4.39 Å². The van der Waals surface area contributed by atoms with Crippen molar-refractivity contribution in [3.05, 3.63) is 51.2 Å². The molecule has 0 spiro atoms. The van der Waals surface area contributed by atoms with Gasteiger partial charge in [-0.2, -0.15) is 0 Å². The van der Waals surface area contributed by atoms with Crippen molar-refractivity contribution in [3.63, 3.8) is 0 Å². The summed E-state index contributed by atoms with van der Waals surface area (Å²) < 4.78 is 13.7. The smallest absolute Gasteiger partial charge is 0.126 e. The molecular weight excluding hydrogens is 247 g/mol. The molecule has 0 bridgehead atoms. The second-order valence-electron chi connectivity index (χ2n) is 4.32. The third-order valence-electron chi connectivity index (χ3n) is 2.99. The van der Waals surface area contributed by atoms with Crippen LogP contribution < -0.4 is 5.32 Å². The largest absolute Gasteiger partial charge is 0.312 e. The van der Waals surface area contributed by atoms with Crippen LogP contribution in [0.2, 0.25) is 0 Å². The van der Waals surface area contributed by atoms with Crippen LogP contribution in [-0.2, 0) is 6.42 Å². The zero-order chi connectivity index (χ0) is 13.1. The molecule has 18 heavy (non-hydrogen) atoms. The van der Waals surface area contributed by atoms with E-state index < -0.39 is 0 Å². The molecule has 0 radical (unpaired) electrons. The first-order chi connectivity index (χ1) is 8.61. The average molecular weight is 264 g/mol. The molecule has 2 aromatic rings. The Balaban J connectivity index is 2.25. The molecule has 0 amide bonds. The van der Waals surface area contributed by atoms with Gasteiger partial charge in [0.1, 0.15) is 5.82 Å². The van der Waals surface area contributed by atoms with Gasteiger partial charge in [0.2, 0.25) is 0 Å². The first-order valence-electron chi connectivity index (χ1n) is 5.96. The van der Waals surface area contributed by atoms with Gasteiger partial charge in [0.15, 0.2) is 0 Å². The molecule has 0 aliphatic heterocycles. The fourth-order valence-electron chi connectivity index (χ4n) is 2.08. The Hall–Kier alpha value is -1.26. The summed E-state index contributed by atoms with van der Waals surface area (Å²) >= 11 is 1.68. The lowest BCUT2D eigenvalue weighted by Crippen LogP contribution is -2.19. The van der Waals surface area contributed by atoms with Crippen molar-refractivity contribution < 1.29 is 4.39 Å². The van der Waals surface area contributed by atoms with Gasteiger partial charge in [0, 0.05) is 10.9 Å². The number of hydrogen-bond acceptors (Lipinski definition) is 3. The first kappa shape index (κ1) is 13.2. The van der Waals surface area contributed by atoms with E-state index in [0.29, 0.717) is 6.42 Å². The number of likely N-dealkylation sites (N-methyl/N-ethyl adjacent to an activating group) is 1. The van der Waals surface area contributed by atoms with E-state index in [4.69, 9.17) is 0 Å². The van der Waals surface area contributed by atoms with Gasteiger partial charge in [0.25, 0.3) is 0 Å². The highest BCUT2D eigenvalue weighted by Gasteiger charge is 2.17. The van der Waals surface area contributed by atoms with Crippen molar-refractivity contribution >= 4 is 11.3 Å². The summed E-state index contributed by atoms with van der Waals surface area (Å²) in [7, 11) is 1.90. The zero-order valence-electron chi connectivity index (χ0n) is 10.8. The normalized spacial score (nSPS) is 12.7. The fraction of sp³-hybridized carbons (Fsp3) is 0.357. The van der Waals surface area contributed by atoms with Crippen LogP contribution in [0.5, 0.6) is 0 Å². The Labute approximate surface area is 111 Å². The predicted molar refractivity (Wildman–Crippen MR) is 73.5 cm³/mol. The Morgan fingerprint density at radius 1 is 1.33 bits per heavy atom. The second-order valence-corrected chi connectivity index (χ2v) is 5.55. The Bertz CT molecular complexity index is 536. The molecule has 1 aromatic heterocycles. The minimum absolute atomic E-state index is 0.119. The summed E-state index contributed by atoms with van der Waals surface area (Å²) in [6.45, 7) is 4.00. The van der Waals surface area contributed by atoms with Crippen molar-refractivity contribution in [1.29, 1.82) is 0 Å². The van der Waals surface area contributed by atoms with Crippen molar-refractivity contribution in [2.24, 2.45) is 0 Å². The SMILES string of the molecule is CNC(Cc1ccccc1F)c1sc(C)nc1C. The summed E-state index contributed by atoms with van der Waals surface area (Å²) in [5, 5.41) is 4.30. The Kier molecular flexibility index (Phi) is 4.09. The van der Waals surface area contributed by atoms with E-state index in [0.717, 1.165) is 16.3 Å². The molecule has 1 heterocycles. The highest BCUT2D eigenvalue weighted by Crippen LogP contribution is 2.27. The van der Waals surface area contributed by atoms with Gasteiger partial charge in [-0.1, -0.05) is 18.2 Å². The van der Waals surface area contributed by atoms with Crippen LogP contribution in [-0.4, -0.2) is 12.0 Å². The summed E-state index contributed by atoms with van der Waals surface area (Å²) in [4.78, 5) is 5.62. The number of nitrogens with one attached hydrogen (secondary N) is 1. The standard InChI is InChI=1S/C14H17FN2S/c1-9-14(18-10(2)17-9)13(16-3)8-11-6-4-5-7-12(11)15/h4-7,13,16H,8H2,1-3H3. The molecule has 1 atom stereocenters. The van der Waals surface area contributed by atoms with Gasteiger partial charge in [-0.15, -0.1) is 11.3 Å².